The number of rotatable bonds is 9. The number of thiazole rings is 1. The highest BCUT2D eigenvalue weighted by Crippen LogP contribution is 2.11. The summed E-state index contributed by atoms with van der Waals surface area (Å²) in [4.78, 5) is 9.18. The van der Waals surface area contributed by atoms with Gasteiger partial charge in [-0.2, -0.15) is 5.10 Å². The molecule has 1 aromatic carbocycles. The van der Waals surface area contributed by atoms with Gasteiger partial charge in [0.05, 0.1) is 10.7 Å². The van der Waals surface area contributed by atoms with E-state index >= 15 is 0 Å². The van der Waals surface area contributed by atoms with Crippen LogP contribution >= 0.6 is 35.3 Å². The molecule has 2 heterocycles. The van der Waals surface area contributed by atoms with Crippen LogP contribution in [-0.4, -0.2) is 40.4 Å². The Hall–Kier alpha value is -1.94. The summed E-state index contributed by atoms with van der Waals surface area (Å²) in [5.74, 6) is 0.881. The Balaban J connectivity index is 0.00000300. The average Bonchev–Trinajstić information content (AvgIpc) is 3.38. The molecule has 6 nitrogen and oxygen atoms in total. The zero-order valence-corrected chi connectivity index (χ0v) is 20.1. The molecule has 0 aliphatic heterocycles. The SMILES string of the molecule is CCNC(=NCCCc1nc(C)cs1)NCCc1ccc(-n2cccn2)cc1.I. The first-order valence-electron chi connectivity index (χ1n) is 9.76. The van der Waals surface area contributed by atoms with E-state index in [4.69, 9.17) is 0 Å². The molecule has 0 saturated heterocycles. The number of nitrogens with one attached hydrogen (secondary N) is 2. The number of halogens is 1. The van der Waals surface area contributed by atoms with Crippen LogP contribution in [0.4, 0.5) is 0 Å². The quantitative estimate of drug-likeness (QED) is 0.192. The summed E-state index contributed by atoms with van der Waals surface area (Å²) in [6.45, 7) is 6.63. The molecule has 0 spiro atoms. The van der Waals surface area contributed by atoms with Crippen LogP contribution in [0.5, 0.6) is 0 Å². The van der Waals surface area contributed by atoms with Crippen molar-refractivity contribution in [1.29, 1.82) is 0 Å². The van der Waals surface area contributed by atoms with Crippen molar-refractivity contribution in [3.63, 3.8) is 0 Å². The summed E-state index contributed by atoms with van der Waals surface area (Å²) in [5, 5.41) is 14.3. The highest BCUT2D eigenvalue weighted by molar-refractivity contribution is 14.0. The molecular formula is C21H29IN6S. The first-order valence-corrected chi connectivity index (χ1v) is 10.6. The molecule has 0 radical (unpaired) electrons. The van der Waals surface area contributed by atoms with Gasteiger partial charge in [0.2, 0.25) is 0 Å². The van der Waals surface area contributed by atoms with Gasteiger partial charge in [0.1, 0.15) is 0 Å². The van der Waals surface area contributed by atoms with Gasteiger partial charge in [-0.05, 0) is 50.5 Å². The van der Waals surface area contributed by atoms with E-state index in [0.29, 0.717) is 0 Å². The zero-order chi connectivity index (χ0) is 19.6. The number of aromatic nitrogens is 3. The lowest BCUT2D eigenvalue weighted by atomic mass is 10.1. The first kappa shape index (κ1) is 23.3. The van der Waals surface area contributed by atoms with Crippen molar-refractivity contribution in [2.24, 2.45) is 4.99 Å². The fraction of sp³-hybridized carbons (Fsp3) is 0.381. The van der Waals surface area contributed by atoms with E-state index in [1.165, 1.54) is 10.6 Å². The van der Waals surface area contributed by atoms with Gasteiger partial charge in [0.25, 0.3) is 0 Å². The molecular weight excluding hydrogens is 495 g/mol. The minimum absolute atomic E-state index is 0. The van der Waals surface area contributed by atoms with Gasteiger partial charge in [-0.25, -0.2) is 9.67 Å². The second-order valence-corrected chi connectivity index (χ2v) is 7.48. The lowest BCUT2D eigenvalue weighted by Gasteiger charge is -2.11. The van der Waals surface area contributed by atoms with Crippen LogP contribution in [0.2, 0.25) is 0 Å². The number of nitrogens with zero attached hydrogens (tertiary/aromatic N) is 4. The summed E-state index contributed by atoms with van der Waals surface area (Å²) >= 11 is 1.73. The molecule has 0 fully saturated rings. The van der Waals surface area contributed by atoms with Gasteiger partial charge in [-0.3, -0.25) is 4.99 Å². The second-order valence-electron chi connectivity index (χ2n) is 6.54. The molecule has 0 amide bonds. The standard InChI is InChI=1S/C21H28N6S.HI/c1-3-22-21(23-12-4-6-20-26-17(2)16-28-20)24-14-11-18-7-9-19(10-8-18)27-15-5-13-25-27;/h5,7-10,13,15-16H,3-4,6,11-12,14H2,1-2H3,(H2,22,23,24);1H. The van der Waals surface area contributed by atoms with Crippen LogP contribution in [0, 0.1) is 6.92 Å². The first-order chi connectivity index (χ1) is 13.7. The van der Waals surface area contributed by atoms with Crippen molar-refractivity contribution in [3.8, 4) is 5.69 Å². The maximum Gasteiger partial charge on any atom is 0.191 e. The van der Waals surface area contributed by atoms with Gasteiger partial charge in [0.15, 0.2) is 5.96 Å². The number of hydrogen-bond acceptors (Lipinski definition) is 4. The zero-order valence-electron chi connectivity index (χ0n) is 17.0. The minimum atomic E-state index is 0. The molecule has 0 aliphatic carbocycles. The summed E-state index contributed by atoms with van der Waals surface area (Å²) in [5.41, 5.74) is 3.47. The van der Waals surface area contributed by atoms with E-state index in [9.17, 15) is 0 Å². The third-order valence-corrected chi connectivity index (χ3v) is 5.27. The van der Waals surface area contributed by atoms with Gasteiger partial charge < -0.3 is 10.6 Å². The van der Waals surface area contributed by atoms with Crippen molar-refractivity contribution < 1.29 is 0 Å². The maximum absolute atomic E-state index is 4.67. The van der Waals surface area contributed by atoms with E-state index in [-0.39, 0.29) is 24.0 Å². The van der Waals surface area contributed by atoms with E-state index in [1.54, 1.807) is 17.5 Å². The summed E-state index contributed by atoms with van der Waals surface area (Å²) < 4.78 is 1.87. The molecule has 2 N–H and O–H groups in total. The molecule has 8 heteroatoms. The van der Waals surface area contributed by atoms with Crippen LogP contribution in [0.1, 0.15) is 29.6 Å². The van der Waals surface area contributed by atoms with Gasteiger partial charge in [-0.15, -0.1) is 35.3 Å². The Morgan fingerprint density at radius 1 is 1.17 bits per heavy atom. The molecule has 0 atom stereocenters. The molecule has 0 aliphatic rings. The molecule has 0 saturated carbocycles. The minimum Gasteiger partial charge on any atom is -0.357 e. The maximum atomic E-state index is 4.67. The summed E-state index contributed by atoms with van der Waals surface area (Å²) in [6.07, 6.45) is 6.69. The van der Waals surface area contributed by atoms with Crippen LogP contribution in [0.15, 0.2) is 53.1 Å². The Morgan fingerprint density at radius 3 is 2.66 bits per heavy atom. The summed E-state index contributed by atoms with van der Waals surface area (Å²) in [6, 6.07) is 10.4. The van der Waals surface area contributed by atoms with Crippen LogP contribution in [0.3, 0.4) is 0 Å². The van der Waals surface area contributed by atoms with E-state index in [0.717, 1.165) is 56.2 Å². The van der Waals surface area contributed by atoms with E-state index in [1.807, 2.05) is 23.9 Å². The van der Waals surface area contributed by atoms with Gasteiger partial charge in [-0.1, -0.05) is 12.1 Å². The van der Waals surface area contributed by atoms with E-state index < -0.39 is 0 Å². The fourth-order valence-corrected chi connectivity index (χ4v) is 3.66. The van der Waals surface area contributed by atoms with Crippen molar-refractivity contribution in [1.82, 2.24) is 25.4 Å². The molecule has 3 rings (SSSR count). The van der Waals surface area contributed by atoms with Crippen molar-refractivity contribution >= 4 is 41.3 Å². The predicted octanol–water partition coefficient (Wildman–Crippen LogP) is 3.99. The number of aliphatic imine (C=N–C) groups is 1. The van der Waals surface area contributed by atoms with Crippen LogP contribution in [0.25, 0.3) is 5.69 Å². The average molecular weight is 524 g/mol. The molecule has 2 aromatic heterocycles. The third-order valence-electron chi connectivity index (χ3n) is 4.24. The van der Waals surface area contributed by atoms with Gasteiger partial charge in [0, 0.05) is 49.5 Å². The Kier molecular flexibility index (Phi) is 10.1. The lowest BCUT2D eigenvalue weighted by Crippen LogP contribution is -2.38. The fourth-order valence-electron chi connectivity index (χ4n) is 2.84. The number of guanidine groups is 1. The van der Waals surface area contributed by atoms with Crippen LogP contribution < -0.4 is 10.6 Å². The monoisotopic (exact) mass is 524 g/mol. The normalized spacial score (nSPS) is 11.2. The van der Waals surface area contributed by atoms with Crippen molar-refractivity contribution in [2.45, 2.75) is 33.1 Å². The Labute approximate surface area is 193 Å². The van der Waals surface area contributed by atoms with E-state index in [2.05, 4.69) is 62.3 Å². The topological polar surface area (TPSA) is 67.1 Å². The smallest absolute Gasteiger partial charge is 0.191 e. The van der Waals surface area contributed by atoms with Gasteiger partial charge >= 0.3 is 0 Å². The number of hydrogen-bond donors (Lipinski definition) is 2. The highest BCUT2D eigenvalue weighted by atomic mass is 127. The molecule has 156 valence electrons. The third kappa shape index (κ3) is 7.77. The molecule has 0 bridgehead atoms. The Bertz CT molecular complexity index is 858. The highest BCUT2D eigenvalue weighted by Gasteiger charge is 2.01. The number of benzene rings is 1. The second kappa shape index (κ2) is 12.6. The Morgan fingerprint density at radius 2 is 2.00 bits per heavy atom. The number of aryl methyl sites for hydroxylation is 2. The van der Waals surface area contributed by atoms with Crippen molar-refractivity contribution in [3.05, 3.63) is 64.4 Å². The molecule has 29 heavy (non-hydrogen) atoms. The molecule has 3 aromatic rings. The van der Waals surface area contributed by atoms with Crippen molar-refractivity contribution in [2.75, 3.05) is 19.6 Å². The lowest BCUT2D eigenvalue weighted by molar-refractivity contribution is 0.774. The summed E-state index contributed by atoms with van der Waals surface area (Å²) in [7, 11) is 0. The predicted molar refractivity (Wildman–Crippen MR) is 132 cm³/mol. The van der Waals surface area contributed by atoms with Crippen LogP contribution in [-0.2, 0) is 12.8 Å². The largest absolute Gasteiger partial charge is 0.357 e. The molecule has 0 unspecified atom stereocenters.